The Bertz CT molecular complexity index is 1190. The number of halogens is 1. The zero-order valence-corrected chi connectivity index (χ0v) is 18.3. The largest absolute Gasteiger partial charge is 0.490 e. The molecular weight excluding hydrogens is 425 g/mol. The summed E-state index contributed by atoms with van der Waals surface area (Å²) in [4.78, 5) is 4.55. The molecule has 7 heteroatoms. The number of anilines is 1. The third-order valence-electron chi connectivity index (χ3n) is 4.56. The van der Waals surface area contributed by atoms with Gasteiger partial charge in [0, 0.05) is 16.5 Å². The lowest BCUT2D eigenvalue weighted by molar-refractivity contribution is 0.266. The number of hydrogen-bond acceptors (Lipinski definition) is 6. The van der Waals surface area contributed by atoms with Crippen LogP contribution in [0.15, 0.2) is 83.3 Å². The predicted molar refractivity (Wildman–Crippen MR) is 127 cm³/mol. The molecule has 0 aliphatic rings. The van der Waals surface area contributed by atoms with Crippen LogP contribution in [0.2, 0.25) is 0 Å². The van der Waals surface area contributed by atoms with Crippen molar-refractivity contribution in [2.24, 2.45) is 5.10 Å². The summed E-state index contributed by atoms with van der Waals surface area (Å²) in [5.74, 6) is 0.832. The Morgan fingerprint density at radius 1 is 1.00 bits per heavy atom. The van der Waals surface area contributed by atoms with Crippen LogP contribution in [0.5, 0.6) is 11.5 Å². The summed E-state index contributed by atoms with van der Waals surface area (Å²) in [6.07, 6.45) is 1.69. The SMILES string of the molecule is CCOc1cc(/C=N/Nc2nc(-c3ccccc3)cs2)ccc1OCc1ccccc1F. The molecule has 0 aliphatic heterocycles. The molecule has 1 heterocycles. The average Bonchev–Trinajstić information content (AvgIpc) is 3.29. The summed E-state index contributed by atoms with van der Waals surface area (Å²) in [7, 11) is 0. The molecule has 0 fully saturated rings. The van der Waals surface area contributed by atoms with Crippen LogP contribution in [0, 0.1) is 5.82 Å². The number of hydrazone groups is 1. The number of ether oxygens (including phenoxy) is 2. The smallest absolute Gasteiger partial charge is 0.203 e. The fraction of sp³-hybridized carbons (Fsp3) is 0.120. The maximum atomic E-state index is 13.8. The second-order valence-electron chi connectivity index (χ2n) is 6.79. The third kappa shape index (κ3) is 5.50. The van der Waals surface area contributed by atoms with Gasteiger partial charge in [-0.05, 0) is 36.8 Å². The summed E-state index contributed by atoms with van der Waals surface area (Å²) in [5, 5.41) is 6.97. The van der Waals surface area contributed by atoms with Gasteiger partial charge in [0.25, 0.3) is 0 Å². The zero-order valence-electron chi connectivity index (χ0n) is 17.5. The standard InChI is InChI=1S/C25H22FN3O2S/c1-2-30-24-14-18(12-13-23(24)31-16-20-10-6-7-11-21(20)26)15-27-29-25-28-22(17-32-25)19-8-4-3-5-9-19/h3-15,17H,2,16H2,1H3,(H,28,29)/b27-15+. The molecule has 0 atom stereocenters. The van der Waals surface area contributed by atoms with Crippen LogP contribution in [0.4, 0.5) is 9.52 Å². The molecule has 0 amide bonds. The minimum Gasteiger partial charge on any atom is -0.490 e. The summed E-state index contributed by atoms with van der Waals surface area (Å²) >= 11 is 1.49. The van der Waals surface area contributed by atoms with Crippen LogP contribution >= 0.6 is 11.3 Å². The molecule has 0 bridgehead atoms. The second-order valence-corrected chi connectivity index (χ2v) is 7.65. The lowest BCUT2D eigenvalue weighted by Gasteiger charge is -2.13. The molecule has 1 aromatic heterocycles. The molecule has 1 N–H and O–H groups in total. The summed E-state index contributed by atoms with van der Waals surface area (Å²) < 4.78 is 25.3. The van der Waals surface area contributed by atoms with Crippen LogP contribution in [-0.2, 0) is 6.61 Å². The van der Waals surface area contributed by atoms with E-state index >= 15 is 0 Å². The van der Waals surface area contributed by atoms with E-state index in [-0.39, 0.29) is 12.4 Å². The molecule has 162 valence electrons. The van der Waals surface area contributed by atoms with Gasteiger partial charge in [-0.2, -0.15) is 5.10 Å². The molecule has 0 unspecified atom stereocenters. The molecule has 4 aromatic rings. The Balaban J connectivity index is 1.41. The van der Waals surface area contributed by atoms with Crippen molar-refractivity contribution in [3.8, 4) is 22.8 Å². The normalized spacial score (nSPS) is 10.9. The lowest BCUT2D eigenvalue weighted by atomic mass is 10.2. The Morgan fingerprint density at radius 2 is 1.81 bits per heavy atom. The second kappa shape index (κ2) is 10.5. The van der Waals surface area contributed by atoms with Gasteiger partial charge in [0.15, 0.2) is 11.5 Å². The van der Waals surface area contributed by atoms with Gasteiger partial charge in [0.1, 0.15) is 12.4 Å². The molecular formula is C25H22FN3O2S. The minimum atomic E-state index is -0.294. The van der Waals surface area contributed by atoms with E-state index in [0.717, 1.165) is 16.8 Å². The van der Waals surface area contributed by atoms with E-state index in [2.05, 4.69) is 15.5 Å². The van der Waals surface area contributed by atoms with Gasteiger partial charge in [-0.25, -0.2) is 9.37 Å². The summed E-state index contributed by atoms with van der Waals surface area (Å²) in [6, 6.07) is 22.0. The maximum Gasteiger partial charge on any atom is 0.203 e. The maximum absolute atomic E-state index is 13.8. The van der Waals surface area contributed by atoms with E-state index < -0.39 is 0 Å². The van der Waals surface area contributed by atoms with Crippen molar-refractivity contribution in [3.63, 3.8) is 0 Å². The van der Waals surface area contributed by atoms with Crippen LogP contribution in [0.1, 0.15) is 18.1 Å². The molecule has 32 heavy (non-hydrogen) atoms. The van der Waals surface area contributed by atoms with Crippen LogP contribution in [0.3, 0.4) is 0 Å². The highest BCUT2D eigenvalue weighted by Gasteiger charge is 2.08. The topological polar surface area (TPSA) is 55.7 Å². The highest BCUT2D eigenvalue weighted by atomic mass is 32.1. The Morgan fingerprint density at radius 3 is 2.62 bits per heavy atom. The number of nitrogens with zero attached hydrogens (tertiary/aromatic N) is 2. The fourth-order valence-corrected chi connectivity index (χ4v) is 3.66. The molecule has 0 saturated carbocycles. The van der Waals surface area contributed by atoms with E-state index in [4.69, 9.17) is 9.47 Å². The lowest BCUT2D eigenvalue weighted by Crippen LogP contribution is -2.02. The van der Waals surface area contributed by atoms with Gasteiger partial charge < -0.3 is 9.47 Å². The van der Waals surface area contributed by atoms with Crippen molar-refractivity contribution >= 4 is 22.7 Å². The van der Waals surface area contributed by atoms with Crippen LogP contribution in [-0.4, -0.2) is 17.8 Å². The fourth-order valence-electron chi connectivity index (χ4n) is 2.99. The van der Waals surface area contributed by atoms with E-state index in [9.17, 15) is 4.39 Å². The van der Waals surface area contributed by atoms with Crippen molar-refractivity contribution in [2.75, 3.05) is 12.0 Å². The first-order valence-corrected chi connectivity index (χ1v) is 11.0. The van der Waals surface area contributed by atoms with Crippen molar-refractivity contribution in [2.45, 2.75) is 13.5 Å². The van der Waals surface area contributed by atoms with Crippen molar-refractivity contribution < 1.29 is 13.9 Å². The van der Waals surface area contributed by atoms with Gasteiger partial charge in [-0.15, -0.1) is 11.3 Å². The summed E-state index contributed by atoms with van der Waals surface area (Å²) in [5.41, 5.74) is 6.26. The number of nitrogens with one attached hydrogen (secondary N) is 1. The Kier molecular flexibility index (Phi) is 7.09. The number of aromatic nitrogens is 1. The van der Waals surface area contributed by atoms with Crippen molar-refractivity contribution in [1.29, 1.82) is 0 Å². The first kappa shape index (κ1) is 21.5. The van der Waals surface area contributed by atoms with Gasteiger partial charge >= 0.3 is 0 Å². The van der Waals surface area contributed by atoms with E-state index in [1.807, 2.05) is 54.8 Å². The zero-order chi connectivity index (χ0) is 22.2. The van der Waals surface area contributed by atoms with E-state index in [0.29, 0.717) is 28.8 Å². The first-order valence-electron chi connectivity index (χ1n) is 10.2. The minimum absolute atomic E-state index is 0.121. The number of hydrogen-bond donors (Lipinski definition) is 1. The first-order chi connectivity index (χ1) is 15.7. The average molecular weight is 448 g/mol. The summed E-state index contributed by atoms with van der Waals surface area (Å²) in [6.45, 7) is 2.50. The van der Waals surface area contributed by atoms with Gasteiger partial charge in [0.2, 0.25) is 5.13 Å². The molecule has 5 nitrogen and oxygen atoms in total. The van der Waals surface area contributed by atoms with Gasteiger partial charge in [0.05, 0.1) is 18.5 Å². The van der Waals surface area contributed by atoms with Crippen molar-refractivity contribution in [1.82, 2.24) is 4.98 Å². The number of thiazole rings is 1. The van der Waals surface area contributed by atoms with Crippen molar-refractivity contribution in [3.05, 3.63) is 95.1 Å². The van der Waals surface area contributed by atoms with E-state index in [1.54, 1.807) is 30.5 Å². The Hall–Kier alpha value is -3.71. The molecule has 0 radical (unpaired) electrons. The third-order valence-corrected chi connectivity index (χ3v) is 5.30. The monoisotopic (exact) mass is 447 g/mol. The molecule has 0 aliphatic carbocycles. The number of benzene rings is 3. The molecule has 0 spiro atoms. The molecule has 3 aromatic carbocycles. The molecule has 0 saturated heterocycles. The van der Waals surface area contributed by atoms with E-state index in [1.165, 1.54) is 17.4 Å². The van der Waals surface area contributed by atoms with Crippen LogP contribution in [0.25, 0.3) is 11.3 Å². The van der Waals surface area contributed by atoms with Gasteiger partial charge in [-0.1, -0.05) is 48.5 Å². The van der Waals surface area contributed by atoms with Crippen LogP contribution < -0.4 is 14.9 Å². The highest BCUT2D eigenvalue weighted by molar-refractivity contribution is 7.14. The Labute approximate surface area is 190 Å². The molecule has 4 rings (SSSR count). The quantitative estimate of drug-likeness (QED) is 0.239. The predicted octanol–water partition coefficient (Wildman–Crippen LogP) is 6.37. The highest BCUT2D eigenvalue weighted by Crippen LogP contribution is 2.29. The number of rotatable bonds is 9. The van der Waals surface area contributed by atoms with Gasteiger partial charge in [-0.3, -0.25) is 5.43 Å².